The molecule has 2 amide bonds. The van der Waals surface area contributed by atoms with Crippen LogP contribution in [0.1, 0.15) is 18.4 Å². The molecule has 8 heteroatoms. The lowest BCUT2D eigenvalue weighted by molar-refractivity contribution is -0.147. The summed E-state index contributed by atoms with van der Waals surface area (Å²) in [7, 11) is 3.14. The van der Waals surface area contributed by atoms with Crippen LogP contribution in [-0.4, -0.2) is 64.3 Å². The molecule has 1 saturated heterocycles. The maximum Gasteiger partial charge on any atom is 0.248 e. The second-order valence-electron chi connectivity index (χ2n) is 6.41. The zero-order valence-electron chi connectivity index (χ0n) is 15.0. The van der Waals surface area contributed by atoms with Gasteiger partial charge in [0.1, 0.15) is 18.2 Å². The molecule has 1 aromatic carbocycles. The van der Waals surface area contributed by atoms with Gasteiger partial charge in [-0.3, -0.25) is 14.2 Å². The number of amides is 2. The van der Waals surface area contributed by atoms with E-state index >= 15 is 0 Å². The van der Waals surface area contributed by atoms with Crippen LogP contribution >= 0.6 is 0 Å². The van der Waals surface area contributed by atoms with Crippen molar-refractivity contribution >= 4 is 11.8 Å². The number of rotatable bonds is 6. The van der Waals surface area contributed by atoms with Crippen molar-refractivity contribution < 1.29 is 14.3 Å². The molecule has 1 atom stereocenters. The van der Waals surface area contributed by atoms with Crippen molar-refractivity contribution in [3.05, 3.63) is 42.5 Å². The van der Waals surface area contributed by atoms with Crippen LogP contribution in [0.15, 0.2) is 36.9 Å². The predicted molar refractivity (Wildman–Crippen MR) is 94.7 cm³/mol. The first-order valence-corrected chi connectivity index (χ1v) is 8.56. The summed E-state index contributed by atoms with van der Waals surface area (Å²) >= 11 is 0. The molecule has 2 heterocycles. The van der Waals surface area contributed by atoms with Crippen LogP contribution in [0.2, 0.25) is 0 Å². The zero-order valence-corrected chi connectivity index (χ0v) is 15.0. The van der Waals surface area contributed by atoms with Crippen molar-refractivity contribution in [3.8, 4) is 5.69 Å². The number of aromatic nitrogens is 3. The highest BCUT2D eigenvalue weighted by Gasteiger charge is 2.49. The molecule has 138 valence electrons. The molecule has 1 aliphatic rings. The Morgan fingerprint density at radius 1 is 1.23 bits per heavy atom. The summed E-state index contributed by atoms with van der Waals surface area (Å²) in [6, 6.07) is 7.64. The highest BCUT2D eigenvalue weighted by molar-refractivity contribution is 5.92. The zero-order chi connectivity index (χ0) is 18.6. The van der Waals surface area contributed by atoms with Crippen molar-refractivity contribution in [2.75, 3.05) is 27.3 Å². The van der Waals surface area contributed by atoms with E-state index in [1.807, 2.05) is 24.3 Å². The van der Waals surface area contributed by atoms with Crippen LogP contribution in [0.3, 0.4) is 0 Å². The lowest BCUT2D eigenvalue weighted by Crippen LogP contribution is -2.59. The molecule has 1 unspecified atom stereocenters. The van der Waals surface area contributed by atoms with Crippen LogP contribution in [0.25, 0.3) is 5.69 Å². The molecule has 8 nitrogen and oxygen atoms in total. The van der Waals surface area contributed by atoms with Gasteiger partial charge in [0, 0.05) is 26.4 Å². The molecule has 1 fully saturated rings. The van der Waals surface area contributed by atoms with Gasteiger partial charge < -0.3 is 15.0 Å². The van der Waals surface area contributed by atoms with Gasteiger partial charge >= 0.3 is 0 Å². The fraction of sp³-hybridized carbons (Fsp3) is 0.444. The fourth-order valence-corrected chi connectivity index (χ4v) is 3.56. The number of likely N-dealkylation sites (tertiary alicyclic amines) is 1. The third kappa shape index (κ3) is 3.32. The van der Waals surface area contributed by atoms with Gasteiger partial charge in [0.05, 0.1) is 13.0 Å². The second kappa shape index (κ2) is 7.65. The molecule has 2 aromatic rings. The van der Waals surface area contributed by atoms with Gasteiger partial charge in [0.2, 0.25) is 11.8 Å². The maximum atomic E-state index is 12.9. The Morgan fingerprint density at radius 3 is 2.54 bits per heavy atom. The van der Waals surface area contributed by atoms with E-state index in [-0.39, 0.29) is 24.8 Å². The maximum absolute atomic E-state index is 12.9. The number of ether oxygens (including phenoxy) is 1. The Balaban J connectivity index is 1.75. The molecule has 0 spiro atoms. The number of hydrogen-bond donors (Lipinski definition) is 1. The van der Waals surface area contributed by atoms with Gasteiger partial charge in [-0.15, -0.1) is 10.2 Å². The normalized spacial score (nSPS) is 19.5. The molecule has 0 aliphatic carbocycles. The number of hydrogen-bond acceptors (Lipinski definition) is 5. The van der Waals surface area contributed by atoms with E-state index < -0.39 is 5.54 Å². The van der Waals surface area contributed by atoms with Crippen LogP contribution < -0.4 is 5.32 Å². The predicted octanol–water partition coefficient (Wildman–Crippen LogP) is 0.563. The Bertz CT molecular complexity index is 760. The monoisotopic (exact) mass is 357 g/mol. The van der Waals surface area contributed by atoms with Crippen LogP contribution in [0.5, 0.6) is 0 Å². The van der Waals surface area contributed by atoms with Gasteiger partial charge in [-0.1, -0.05) is 12.1 Å². The minimum Gasteiger partial charge on any atom is -0.382 e. The Kier molecular flexibility index (Phi) is 5.32. The summed E-state index contributed by atoms with van der Waals surface area (Å²) in [5, 5.41) is 10.2. The molecule has 0 bridgehead atoms. The summed E-state index contributed by atoms with van der Waals surface area (Å²) in [5.41, 5.74) is 0.900. The molecule has 0 radical (unpaired) electrons. The van der Waals surface area contributed by atoms with E-state index in [4.69, 9.17) is 4.74 Å². The molecular weight excluding hydrogens is 334 g/mol. The Hall–Kier alpha value is -2.74. The van der Waals surface area contributed by atoms with Gasteiger partial charge in [-0.25, -0.2) is 0 Å². The lowest BCUT2D eigenvalue weighted by atomic mass is 9.95. The topological polar surface area (TPSA) is 89.4 Å². The van der Waals surface area contributed by atoms with Crippen LogP contribution in [0.4, 0.5) is 0 Å². The molecular formula is C18H23N5O3. The first-order chi connectivity index (χ1) is 12.6. The molecule has 26 heavy (non-hydrogen) atoms. The fourth-order valence-electron chi connectivity index (χ4n) is 3.56. The number of likely N-dealkylation sites (N-methyl/N-ethyl adjacent to an activating group) is 1. The second-order valence-corrected chi connectivity index (χ2v) is 6.41. The molecule has 1 aromatic heterocycles. The highest BCUT2D eigenvalue weighted by Crippen LogP contribution is 2.31. The van der Waals surface area contributed by atoms with Crippen LogP contribution in [0, 0.1) is 0 Å². The van der Waals surface area contributed by atoms with Crippen molar-refractivity contribution in [2.24, 2.45) is 0 Å². The molecule has 0 saturated carbocycles. The SMILES string of the molecule is CNC(=O)C1(COC)CCCN1C(=O)Cc1ccc(-n2cnnc2)cc1. The summed E-state index contributed by atoms with van der Waals surface area (Å²) in [4.78, 5) is 27.0. The highest BCUT2D eigenvalue weighted by atomic mass is 16.5. The number of nitrogens with one attached hydrogen (secondary N) is 1. The van der Waals surface area contributed by atoms with E-state index in [1.54, 1.807) is 36.3 Å². The number of carbonyl (C=O) groups excluding carboxylic acids is 2. The Morgan fingerprint density at radius 2 is 1.92 bits per heavy atom. The lowest BCUT2D eigenvalue weighted by Gasteiger charge is -2.36. The van der Waals surface area contributed by atoms with Crippen LogP contribution in [-0.2, 0) is 20.7 Å². The number of carbonyl (C=O) groups is 2. The van der Waals surface area contributed by atoms with Gasteiger partial charge in [0.25, 0.3) is 0 Å². The first kappa shape index (κ1) is 18.1. The van der Waals surface area contributed by atoms with Gasteiger partial charge in [-0.2, -0.15) is 0 Å². The van der Waals surface area contributed by atoms with E-state index in [0.717, 1.165) is 17.7 Å². The average Bonchev–Trinajstić information content (AvgIpc) is 3.32. The average molecular weight is 357 g/mol. The summed E-state index contributed by atoms with van der Waals surface area (Å²) in [6.07, 6.45) is 4.87. The van der Waals surface area contributed by atoms with E-state index in [9.17, 15) is 9.59 Å². The smallest absolute Gasteiger partial charge is 0.248 e. The van der Waals surface area contributed by atoms with Crippen molar-refractivity contribution in [1.82, 2.24) is 25.0 Å². The largest absolute Gasteiger partial charge is 0.382 e. The molecule has 3 rings (SSSR count). The van der Waals surface area contributed by atoms with Crippen molar-refractivity contribution in [1.29, 1.82) is 0 Å². The quantitative estimate of drug-likeness (QED) is 0.816. The third-order valence-corrected chi connectivity index (χ3v) is 4.83. The minimum absolute atomic E-state index is 0.0693. The van der Waals surface area contributed by atoms with Crippen molar-refractivity contribution in [3.63, 3.8) is 0 Å². The van der Waals surface area contributed by atoms with Gasteiger partial charge in [-0.05, 0) is 30.5 Å². The third-order valence-electron chi connectivity index (χ3n) is 4.83. The van der Waals surface area contributed by atoms with Crippen molar-refractivity contribution in [2.45, 2.75) is 24.8 Å². The van der Waals surface area contributed by atoms with Gasteiger partial charge in [0.15, 0.2) is 0 Å². The summed E-state index contributed by atoms with van der Waals surface area (Å²) < 4.78 is 7.06. The molecule has 1 aliphatic heterocycles. The minimum atomic E-state index is -0.914. The number of methoxy groups -OCH3 is 1. The number of nitrogens with zero attached hydrogens (tertiary/aromatic N) is 4. The standard InChI is InChI=1S/C18H23N5O3/c1-19-17(25)18(11-26-2)8-3-9-23(18)16(24)10-14-4-6-15(7-5-14)22-12-20-21-13-22/h4-7,12-13H,3,8-11H2,1-2H3,(H,19,25). The van der Waals surface area contributed by atoms with E-state index in [0.29, 0.717) is 13.0 Å². The molecule has 1 N–H and O–H groups in total. The van der Waals surface area contributed by atoms with E-state index in [2.05, 4.69) is 15.5 Å². The summed E-state index contributed by atoms with van der Waals surface area (Å²) in [6.45, 7) is 0.763. The number of benzene rings is 1. The summed E-state index contributed by atoms with van der Waals surface area (Å²) in [5.74, 6) is -0.242. The van der Waals surface area contributed by atoms with E-state index in [1.165, 1.54) is 0 Å². The first-order valence-electron chi connectivity index (χ1n) is 8.56. The Labute approximate surface area is 152 Å².